The van der Waals surface area contributed by atoms with E-state index < -0.39 is 0 Å². The van der Waals surface area contributed by atoms with E-state index in [2.05, 4.69) is 63.2 Å². The highest BCUT2D eigenvalue weighted by atomic mass is 32.1. The molecule has 0 saturated carbocycles. The number of piperidine rings is 1. The van der Waals surface area contributed by atoms with E-state index in [4.69, 9.17) is 12.2 Å². The molecule has 1 aliphatic rings. The minimum absolute atomic E-state index is 0.781. The van der Waals surface area contributed by atoms with E-state index in [1.54, 1.807) is 4.90 Å². The topological polar surface area (TPSA) is 19.7 Å². The molecule has 0 bridgehead atoms. The van der Waals surface area contributed by atoms with Crippen LogP contribution in [0, 0.1) is 19.8 Å². The molecule has 0 amide bonds. The number of hydrogen-bond donors (Lipinski definition) is 2. The number of nitrogens with zero attached hydrogens (tertiary/aromatic N) is 1. The van der Waals surface area contributed by atoms with Crippen LogP contribution >= 0.6 is 12.2 Å². The summed E-state index contributed by atoms with van der Waals surface area (Å²) >= 11 is 5.64. The van der Waals surface area contributed by atoms with Crippen molar-refractivity contribution in [3.05, 3.63) is 29.3 Å². The van der Waals surface area contributed by atoms with Crippen molar-refractivity contribution in [1.29, 1.82) is 0 Å². The Morgan fingerprint density at radius 1 is 1.21 bits per heavy atom. The molecule has 2 N–H and O–H groups in total. The van der Waals surface area contributed by atoms with Crippen LogP contribution in [0.1, 0.15) is 44.2 Å². The molecule has 1 fully saturated rings. The number of aryl methyl sites for hydroxylation is 2. The number of nitrogens with one attached hydrogen (secondary N) is 2. The minimum atomic E-state index is 0.781. The smallest absolute Gasteiger partial charge is 0.173 e. The minimum Gasteiger partial charge on any atom is -0.349 e. The number of quaternary nitrogens is 1. The second kappa shape index (κ2) is 8.82. The molecule has 3 nitrogen and oxygen atoms in total. The zero-order chi connectivity index (χ0) is 17.7. The summed E-state index contributed by atoms with van der Waals surface area (Å²) in [7, 11) is 2.36. The van der Waals surface area contributed by atoms with Crippen LogP contribution < -0.4 is 10.2 Å². The zero-order valence-corrected chi connectivity index (χ0v) is 16.8. The third kappa shape index (κ3) is 5.75. The van der Waals surface area contributed by atoms with Gasteiger partial charge in [-0.05, 0) is 61.7 Å². The quantitative estimate of drug-likeness (QED) is 0.798. The van der Waals surface area contributed by atoms with Crippen LogP contribution in [0.2, 0.25) is 0 Å². The van der Waals surface area contributed by atoms with Gasteiger partial charge in [0, 0.05) is 31.6 Å². The molecule has 0 aliphatic carbocycles. The van der Waals surface area contributed by atoms with Crippen LogP contribution in [0.25, 0.3) is 0 Å². The standard InChI is InChI=1S/C20H33N3S/c1-15(2)6-9-22(5)19-7-10-23(11-8-19)20(24)21-18-13-16(3)12-17(4)14-18/h12-15,19H,6-11H2,1-5H3,(H,21,24)/p+1. The Kier molecular flexibility index (Phi) is 7.05. The van der Waals surface area contributed by atoms with Crippen molar-refractivity contribution >= 4 is 23.0 Å². The zero-order valence-electron chi connectivity index (χ0n) is 16.0. The van der Waals surface area contributed by atoms with E-state index in [1.165, 1.54) is 36.9 Å². The first-order valence-corrected chi connectivity index (χ1v) is 9.72. The van der Waals surface area contributed by atoms with Gasteiger partial charge < -0.3 is 15.1 Å². The van der Waals surface area contributed by atoms with Gasteiger partial charge in [0.1, 0.15) is 0 Å². The number of benzene rings is 1. The van der Waals surface area contributed by atoms with Crippen molar-refractivity contribution < 1.29 is 4.90 Å². The number of likely N-dealkylation sites (tertiary alicyclic amines) is 1. The Balaban J connectivity index is 1.82. The Hall–Kier alpha value is -1.13. The van der Waals surface area contributed by atoms with Crippen LogP contribution in [-0.2, 0) is 0 Å². The largest absolute Gasteiger partial charge is 0.349 e. The highest BCUT2D eigenvalue weighted by Gasteiger charge is 2.26. The highest BCUT2D eigenvalue weighted by Crippen LogP contribution is 2.16. The fourth-order valence-corrected chi connectivity index (χ4v) is 3.85. The normalized spacial score (nSPS) is 17.2. The lowest BCUT2D eigenvalue weighted by molar-refractivity contribution is -0.907. The lowest BCUT2D eigenvalue weighted by Gasteiger charge is -2.36. The van der Waals surface area contributed by atoms with Gasteiger partial charge in [0.15, 0.2) is 5.11 Å². The van der Waals surface area contributed by atoms with Gasteiger partial charge in [-0.1, -0.05) is 19.9 Å². The maximum atomic E-state index is 5.64. The van der Waals surface area contributed by atoms with Gasteiger partial charge in [-0.15, -0.1) is 0 Å². The van der Waals surface area contributed by atoms with Gasteiger partial charge in [-0.25, -0.2) is 0 Å². The first kappa shape index (κ1) is 19.2. The van der Waals surface area contributed by atoms with Crippen molar-refractivity contribution in [2.24, 2.45) is 5.92 Å². The van der Waals surface area contributed by atoms with Crippen LogP contribution in [-0.4, -0.2) is 42.7 Å². The summed E-state index contributed by atoms with van der Waals surface area (Å²) in [6.45, 7) is 12.3. The van der Waals surface area contributed by atoms with Gasteiger partial charge in [0.2, 0.25) is 0 Å². The molecular formula is C20H34N3S+. The van der Waals surface area contributed by atoms with Crippen molar-refractivity contribution in [2.45, 2.75) is 53.0 Å². The molecule has 1 heterocycles. The van der Waals surface area contributed by atoms with E-state index in [9.17, 15) is 0 Å². The van der Waals surface area contributed by atoms with Gasteiger partial charge in [0.25, 0.3) is 0 Å². The molecule has 1 aromatic carbocycles. The van der Waals surface area contributed by atoms with Crippen molar-refractivity contribution in [3.63, 3.8) is 0 Å². The average Bonchev–Trinajstić information content (AvgIpc) is 2.51. The van der Waals surface area contributed by atoms with Crippen molar-refractivity contribution in [2.75, 3.05) is 32.0 Å². The van der Waals surface area contributed by atoms with E-state index in [-0.39, 0.29) is 0 Å². The van der Waals surface area contributed by atoms with E-state index in [0.29, 0.717) is 0 Å². The summed E-state index contributed by atoms with van der Waals surface area (Å²) in [5.41, 5.74) is 3.66. The van der Waals surface area contributed by atoms with E-state index in [0.717, 1.165) is 35.8 Å². The van der Waals surface area contributed by atoms with Crippen molar-refractivity contribution in [3.8, 4) is 0 Å². The summed E-state index contributed by atoms with van der Waals surface area (Å²) in [6, 6.07) is 7.30. The number of anilines is 1. The number of thiocarbonyl (C=S) groups is 1. The summed E-state index contributed by atoms with van der Waals surface area (Å²) in [5, 5.41) is 4.30. The van der Waals surface area contributed by atoms with E-state index in [1.807, 2.05) is 0 Å². The molecular weight excluding hydrogens is 314 g/mol. The summed E-state index contributed by atoms with van der Waals surface area (Å²) in [5.74, 6) is 0.801. The fraction of sp³-hybridized carbons (Fsp3) is 0.650. The van der Waals surface area contributed by atoms with Crippen LogP contribution in [0.4, 0.5) is 5.69 Å². The molecule has 1 aromatic rings. The molecule has 1 saturated heterocycles. The highest BCUT2D eigenvalue weighted by molar-refractivity contribution is 7.80. The van der Waals surface area contributed by atoms with Crippen LogP contribution in [0.3, 0.4) is 0 Å². The summed E-state index contributed by atoms with van der Waals surface area (Å²) in [6.07, 6.45) is 3.79. The Bertz CT molecular complexity index is 528. The van der Waals surface area contributed by atoms with Gasteiger partial charge >= 0.3 is 0 Å². The maximum absolute atomic E-state index is 5.64. The lowest BCUT2D eigenvalue weighted by atomic mass is 10.0. The fourth-order valence-electron chi connectivity index (χ4n) is 3.55. The first-order valence-electron chi connectivity index (χ1n) is 9.31. The molecule has 134 valence electrons. The SMILES string of the molecule is Cc1cc(C)cc(NC(=S)N2CCC([NH+](C)CCC(C)C)CC2)c1. The number of rotatable bonds is 5. The van der Waals surface area contributed by atoms with Crippen LogP contribution in [0.5, 0.6) is 0 Å². The Morgan fingerprint density at radius 2 is 1.79 bits per heavy atom. The van der Waals surface area contributed by atoms with Gasteiger partial charge in [-0.3, -0.25) is 0 Å². The van der Waals surface area contributed by atoms with E-state index >= 15 is 0 Å². The Labute approximate surface area is 153 Å². The molecule has 1 aliphatic heterocycles. The molecule has 4 heteroatoms. The first-order chi connectivity index (χ1) is 11.3. The predicted octanol–water partition coefficient (Wildman–Crippen LogP) is 3.03. The van der Waals surface area contributed by atoms with Crippen LogP contribution in [0.15, 0.2) is 18.2 Å². The van der Waals surface area contributed by atoms with Gasteiger partial charge in [0.05, 0.1) is 19.6 Å². The molecule has 0 spiro atoms. The molecule has 24 heavy (non-hydrogen) atoms. The maximum Gasteiger partial charge on any atom is 0.173 e. The summed E-state index contributed by atoms with van der Waals surface area (Å²) in [4.78, 5) is 4.02. The van der Waals surface area contributed by atoms with Gasteiger partial charge in [-0.2, -0.15) is 0 Å². The molecule has 0 aromatic heterocycles. The number of hydrogen-bond acceptors (Lipinski definition) is 1. The second-order valence-electron chi connectivity index (χ2n) is 7.85. The Morgan fingerprint density at radius 3 is 2.33 bits per heavy atom. The third-order valence-electron chi connectivity index (χ3n) is 5.07. The monoisotopic (exact) mass is 348 g/mol. The lowest BCUT2D eigenvalue weighted by Crippen LogP contribution is -3.13. The molecule has 1 unspecified atom stereocenters. The third-order valence-corrected chi connectivity index (χ3v) is 5.43. The molecule has 2 rings (SSSR count). The second-order valence-corrected chi connectivity index (χ2v) is 8.23. The van der Waals surface area contributed by atoms with Crippen molar-refractivity contribution in [1.82, 2.24) is 4.90 Å². The average molecular weight is 349 g/mol. The molecule has 0 radical (unpaired) electrons. The summed E-state index contributed by atoms with van der Waals surface area (Å²) < 4.78 is 0. The molecule has 1 atom stereocenters. The predicted molar refractivity (Wildman–Crippen MR) is 108 cm³/mol.